The van der Waals surface area contributed by atoms with E-state index in [0.29, 0.717) is 23.9 Å². The molecule has 0 amide bonds. The molecular formula is C20H28F3N7O2. The molecule has 2 aromatic rings. The van der Waals surface area contributed by atoms with Gasteiger partial charge in [-0.25, -0.2) is 19.4 Å². The maximum atomic E-state index is 10.6. The van der Waals surface area contributed by atoms with Crippen LogP contribution in [0.15, 0.2) is 18.6 Å². The SMILES string of the molecule is CC(C)Nc1ncc(CN2CCC(n3cc(C4CC4)nn3)CC2)cn1.O=C(O)C(F)(F)F. The molecule has 3 heterocycles. The Kier molecular flexibility index (Phi) is 7.64. The predicted octanol–water partition coefficient (Wildman–Crippen LogP) is 3.24. The summed E-state index contributed by atoms with van der Waals surface area (Å²) in [4.78, 5) is 20.2. The Morgan fingerprint density at radius 2 is 1.78 bits per heavy atom. The Hall–Kier alpha value is -2.76. The Balaban J connectivity index is 0.000000360. The van der Waals surface area contributed by atoms with Gasteiger partial charge in [0.05, 0.1) is 11.7 Å². The summed E-state index contributed by atoms with van der Waals surface area (Å²) in [6.07, 6.45) is 5.77. The minimum absolute atomic E-state index is 0.349. The first-order chi connectivity index (χ1) is 15.1. The number of rotatable bonds is 6. The molecule has 0 unspecified atom stereocenters. The standard InChI is InChI=1S/C18H27N7.C2HF3O2/c1-13(2)21-18-19-9-14(10-20-18)11-24-7-5-16(6-8-24)25-12-17(22-23-25)15-3-4-15;3-2(4,5)1(6)7/h9-10,12-13,15-16H,3-8,11H2,1-2H3,(H,19,20,21);(H,6,7). The third-order valence-corrected chi connectivity index (χ3v) is 5.23. The molecule has 9 nitrogen and oxygen atoms in total. The molecule has 1 aliphatic carbocycles. The van der Waals surface area contributed by atoms with Crippen molar-refractivity contribution >= 4 is 11.9 Å². The molecule has 2 aliphatic rings. The first-order valence-electron chi connectivity index (χ1n) is 10.6. The molecule has 1 aliphatic heterocycles. The van der Waals surface area contributed by atoms with Gasteiger partial charge in [-0.1, -0.05) is 5.21 Å². The van der Waals surface area contributed by atoms with Crippen LogP contribution in [0.25, 0.3) is 0 Å². The third-order valence-electron chi connectivity index (χ3n) is 5.23. The number of aliphatic carboxylic acids is 1. The van der Waals surface area contributed by atoms with Gasteiger partial charge in [0.1, 0.15) is 0 Å². The number of nitrogens with zero attached hydrogens (tertiary/aromatic N) is 6. The van der Waals surface area contributed by atoms with Gasteiger partial charge < -0.3 is 10.4 Å². The Labute approximate surface area is 184 Å². The fraction of sp³-hybridized carbons (Fsp3) is 0.650. The van der Waals surface area contributed by atoms with Crippen molar-refractivity contribution in [3.63, 3.8) is 0 Å². The average Bonchev–Trinajstić information content (AvgIpc) is 3.46. The lowest BCUT2D eigenvalue weighted by Gasteiger charge is -2.31. The number of hydrogen-bond donors (Lipinski definition) is 2. The number of likely N-dealkylation sites (tertiary alicyclic amines) is 1. The van der Waals surface area contributed by atoms with E-state index in [1.54, 1.807) is 0 Å². The van der Waals surface area contributed by atoms with Crippen LogP contribution in [0.3, 0.4) is 0 Å². The Morgan fingerprint density at radius 3 is 2.28 bits per heavy atom. The molecule has 0 radical (unpaired) electrons. The highest BCUT2D eigenvalue weighted by Gasteiger charge is 2.38. The van der Waals surface area contributed by atoms with Crippen molar-refractivity contribution in [1.29, 1.82) is 0 Å². The molecule has 1 saturated heterocycles. The second kappa shape index (κ2) is 10.2. The van der Waals surface area contributed by atoms with Gasteiger partial charge >= 0.3 is 12.1 Å². The van der Waals surface area contributed by atoms with Gasteiger partial charge in [-0.05, 0) is 39.5 Å². The second-order valence-corrected chi connectivity index (χ2v) is 8.42. The molecule has 0 aromatic carbocycles. The van der Waals surface area contributed by atoms with E-state index in [4.69, 9.17) is 9.90 Å². The quantitative estimate of drug-likeness (QED) is 0.683. The van der Waals surface area contributed by atoms with Crippen molar-refractivity contribution in [1.82, 2.24) is 29.9 Å². The van der Waals surface area contributed by atoms with E-state index in [-0.39, 0.29) is 0 Å². The molecule has 0 spiro atoms. The summed E-state index contributed by atoms with van der Waals surface area (Å²) in [5, 5.41) is 19.1. The number of anilines is 1. The van der Waals surface area contributed by atoms with E-state index in [2.05, 4.69) is 55.2 Å². The van der Waals surface area contributed by atoms with Gasteiger partial charge in [0.25, 0.3) is 0 Å². The van der Waals surface area contributed by atoms with Crippen molar-refractivity contribution in [2.45, 2.75) is 70.3 Å². The van der Waals surface area contributed by atoms with Crippen LogP contribution in [0.5, 0.6) is 0 Å². The van der Waals surface area contributed by atoms with Gasteiger partial charge in [0.2, 0.25) is 5.95 Å². The number of piperidine rings is 1. The number of nitrogens with one attached hydrogen (secondary N) is 1. The zero-order chi connectivity index (χ0) is 23.3. The molecule has 4 rings (SSSR count). The smallest absolute Gasteiger partial charge is 0.475 e. The molecule has 0 atom stereocenters. The molecular weight excluding hydrogens is 427 g/mol. The molecule has 2 aromatic heterocycles. The summed E-state index contributed by atoms with van der Waals surface area (Å²) >= 11 is 0. The van der Waals surface area contributed by atoms with E-state index in [9.17, 15) is 13.2 Å². The van der Waals surface area contributed by atoms with Crippen LogP contribution in [0.2, 0.25) is 0 Å². The highest BCUT2D eigenvalue weighted by atomic mass is 19.4. The summed E-state index contributed by atoms with van der Waals surface area (Å²) in [5.74, 6) is -1.37. The van der Waals surface area contributed by atoms with Crippen LogP contribution >= 0.6 is 0 Å². The minimum atomic E-state index is -5.08. The zero-order valence-electron chi connectivity index (χ0n) is 18.1. The first-order valence-corrected chi connectivity index (χ1v) is 10.6. The highest BCUT2D eigenvalue weighted by molar-refractivity contribution is 5.73. The number of carbonyl (C=O) groups is 1. The number of halogens is 3. The average molecular weight is 455 g/mol. The summed E-state index contributed by atoms with van der Waals surface area (Å²) in [6.45, 7) is 7.25. The van der Waals surface area contributed by atoms with Crippen LogP contribution in [0.1, 0.15) is 62.7 Å². The van der Waals surface area contributed by atoms with E-state index in [1.165, 1.54) is 24.1 Å². The van der Waals surface area contributed by atoms with Gasteiger partial charge in [-0.2, -0.15) is 13.2 Å². The number of alkyl halides is 3. The van der Waals surface area contributed by atoms with E-state index in [1.807, 2.05) is 12.4 Å². The zero-order valence-corrected chi connectivity index (χ0v) is 18.1. The lowest BCUT2D eigenvalue weighted by molar-refractivity contribution is -0.192. The Morgan fingerprint density at radius 1 is 1.19 bits per heavy atom. The van der Waals surface area contributed by atoms with E-state index < -0.39 is 12.1 Å². The molecule has 176 valence electrons. The highest BCUT2D eigenvalue weighted by Crippen LogP contribution is 2.39. The lowest BCUT2D eigenvalue weighted by Crippen LogP contribution is -2.34. The summed E-state index contributed by atoms with van der Waals surface area (Å²) in [7, 11) is 0. The number of carboxylic acid groups (broad SMARTS) is 1. The van der Waals surface area contributed by atoms with Crippen molar-refractivity contribution in [2.75, 3.05) is 18.4 Å². The van der Waals surface area contributed by atoms with Gasteiger partial charge in [-0.3, -0.25) is 4.90 Å². The summed E-state index contributed by atoms with van der Waals surface area (Å²) in [6, 6.07) is 0.840. The number of aromatic nitrogens is 5. The van der Waals surface area contributed by atoms with Gasteiger partial charge in [-0.15, -0.1) is 5.10 Å². The molecule has 1 saturated carbocycles. The van der Waals surface area contributed by atoms with Crippen molar-refractivity contribution in [3.05, 3.63) is 29.8 Å². The van der Waals surface area contributed by atoms with Gasteiger partial charge in [0.15, 0.2) is 0 Å². The van der Waals surface area contributed by atoms with Crippen LogP contribution in [-0.4, -0.2) is 66.2 Å². The van der Waals surface area contributed by atoms with Gasteiger partial charge in [0, 0.05) is 55.7 Å². The maximum absolute atomic E-state index is 10.6. The molecule has 2 fully saturated rings. The third kappa shape index (κ3) is 7.14. The monoisotopic (exact) mass is 455 g/mol. The Bertz CT molecular complexity index is 874. The summed E-state index contributed by atoms with van der Waals surface area (Å²) in [5.41, 5.74) is 2.36. The largest absolute Gasteiger partial charge is 0.490 e. The van der Waals surface area contributed by atoms with Crippen molar-refractivity contribution in [3.8, 4) is 0 Å². The molecule has 0 bridgehead atoms. The fourth-order valence-corrected chi connectivity index (χ4v) is 3.40. The second-order valence-electron chi connectivity index (χ2n) is 8.42. The lowest BCUT2D eigenvalue weighted by atomic mass is 10.0. The number of carboxylic acids is 1. The van der Waals surface area contributed by atoms with Crippen LogP contribution < -0.4 is 5.32 Å². The fourth-order valence-electron chi connectivity index (χ4n) is 3.40. The van der Waals surface area contributed by atoms with E-state index >= 15 is 0 Å². The van der Waals surface area contributed by atoms with Crippen molar-refractivity contribution in [2.24, 2.45) is 0 Å². The topological polar surface area (TPSA) is 109 Å². The predicted molar refractivity (Wildman–Crippen MR) is 110 cm³/mol. The number of hydrogen-bond acceptors (Lipinski definition) is 7. The van der Waals surface area contributed by atoms with Crippen molar-refractivity contribution < 1.29 is 23.1 Å². The molecule has 12 heteroatoms. The minimum Gasteiger partial charge on any atom is -0.475 e. The van der Waals surface area contributed by atoms with Crippen LogP contribution in [0, 0.1) is 0 Å². The van der Waals surface area contributed by atoms with Crippen LogP contribution in [0.4, 0.5) is 19.1 Å². The first kappa shape index (κ1) is 23.9. The van der Waals surface area contributed by atoms with Crippen LogP contribution in [-0.2, 0) is 11.3 Å². The van der Waals surface area contributed by atoms with E-state index in [0.717, 1.165) is 32.5 Å². The summed E-state index contributed by atoms with van der Waals surface area (Å²) < 4.78 is 33.8. The maximum Gasteiger partial charge on any atom is 0.490 e. The normalized spacial score (nSPS) is 17.7. The molecule has 32 heavy (non-hydrogen) atoms. The molecule has 2 N–H and O–H groups in total.